The third kappa shape index (κ3) is 7.71. The number of aliphatic hydroxyl groups excluding tert-OH is 1. The van der Waals surface area contributed by atoms with Gasteiger partial charge in [-0.3, -0.25) is 14.4 Å². The third-order valence-electron chi connectivity index (χ3n) is 3.61. The van der Waals surface area contributed by atoms with E-state index in [2.05, 4.69) is 28.6 Å². The fourth-order valence-corrected chi connectivity index (χ4v) is 2.11. The standard InChI is InChI=1S/C14H26N4O6S/c1-3-7(2)11(13(22)17-8(5-19)14(23)24)18-12(21)9(6-25)16-10(20)4-15/h7-9,11,19,25H,3-6,15H2,1-2H3,(H,16,20)(H,17,22)(H,18,21)(H,23,24). The largest absolute Gasteiger partial charge is 0.480 e. The van der Waals surface area contributed by atoms with Gasteiger partial charge >= 0.3 is 5.97 Å². The Morgan fingerprint density at radius 2 is 1.68 bits per heavy atom. The van der Waals surface area contributed by atoms with Crippen molar-refractivity contribution in [3.05, 3.63) is 0 Å². The molecule has 0 aliphatic rings. The van der Waals surface area contributed by atoms with Crippen molar-refractivity contribution in [3.63, 3.8) is 0 Å². The highest BCUT2D eigenvalue weighted by Crippen LogP contribution is 2.09. The van der Waals surface area contributed by atoms with Gasteiger partial charge in [0.1, 0.15) is 18.1 Å². The molecule has 3 amide bonds. The van der Waals surface area contributed by atoms with Crippen LogP contribution in [0.15, 0.2) is 0 Å². The number of thiol groups is 1. The average Bonchev–Trinajstić information content (AvgIpc) is 2.60. The Morgan fingerprint density at radius 3 is 2.08 bits per heavy atom. The number of aliphatic hydroxyl groups is 1. The Kier molecular flexibility index (Phi) is 10.8. The summed E-state index contributed by atoms with van der Waals surface area (Å²) in [5.74, 6) is -3.66. The second-order valence-electron chi connectivity index (χ2n) is 5.46. The number of amides is 3. The zero-order valence-electron chi connectivity index (χ0n) is 14.2. The van der Waals surface area contributed by atoms with Crippen molar-refractivity contribution in [2.75, 3.05) is 18.9 Å². The van der Waals surface area contributed by atoms with E-state index in [9.17, 15) is 19.2 Å². The second-order valence-corrected chi connectivity index (χ2v) is 5.83. The molecule has 0 saturated carbocycles. The molecule has 0 heterocycles. The van der Waals surface area contributed by atoms with Gasteiger partial charge in [-0.25, -0.2) is 4.79 Å². The van der Waals surface area contributed by atoms with E-state index < -0.39 is 48.4 Å². The molecule has 0 aliphatic carbocycles. The Hall–Kier alpha value is -1.85. The molecule has 4 unspecified atom stereocenters. The number of carboxylic acid groups (broad SMARTS) is 1. The fraction of sp³-hybridized carbons (Fsp3) is 0.714. The van der Waals surface area contributed by atoms with Gasteiger partial charge in [0.15, 0.2) is 0 Å². The van der Waals surface area contributed by atoms with E-state index in [1.165, 1.54) is 0 Å². The van der Waals surface area contributed by atoms with Crippen LogP contribution < -0.4 is 21.7 Å². The van der Waals surface area contributed by atoms with Gasteiger partial charge in [-0.15, -0.1) is 0 Å². The summed E-state index contributed by atoms with van der Waals surface area (Å²) in [5.41, 5.74) is 5.18. The quantitative estimate of drug-likeness (QED) is 0.194. The molecule has 25 heavy (non-hydrogen) atoms. The van der Waals surface area contributed by atoms with E-state index in [-0.39, 0.29) is 18.2 Å². The zero-order chi connectivity index (χ0) is 19.6. The molecule has 10 nitrogen and oxygen atoms in total. The van der Waals surface area contributed by atoms with Crippen LogP contribution >= 0.6 is 12.6 Å². The van der Waals surface area contributed by atoms with Crippen molar-refractivity contribution in [2.45, 2.75) is 38.4 Å². The third-order valence-corrected chi connectivity index (χ3v) is 3.98. The normalized spacial score (nSPS) is 15.4. The lowest BCUT2D eigenvalue weighted by Crippen LogP contribution is -2.58. The van der Waals surface area contributed by atoms with Gasteiger partial charge in [0.05, 0.1) is 13.2 Å². The lowest BCUT2D eigenvalue weighted by molar-refractivity contribution is -0.143. The van der Waals surface area contributed by atoms with Crippen LogP contribution in [0.4, 0.5) is 0 Å². The Morgan fingerprint density at radius 1 is 1.08 bits per heavy atom. The van der Waals surface area contributed by atoms with Crippen LogP contribution in [0.25, 0.3) is 0 Å². The molecule has 0 bridgehead atoms. The number of carbonyl (C=O) groups is 4. The van der Waals surface area contributed by atoms with Gasteiger partial charge in [0.2, 0.25) is 17.7 Å². The van der Waals surface area contributed by atoms with Crippen LogP contribution in [0.5, 0.6) is 0 Å². The predicted molar refractivity (Wildman–Crippen MR) is 92.9 cm³/mol. The molecule has 0 saturated heterocycles. The molecule has 0 fully saturated rings. The van der Waals surface area contributed by atoms with Gasteiger partial charge in [-0.1, -0.05) is 20.3 Å². The maximum atomic E-state index is 12.3. The lowest BCUT2D eigenvalue weighted by Gasteiger charge is -2.27. The molecule has 0 aromatic rings. The van der Waals surface area contributed by atoms with Crippen LogP contribution in [-0.2, 0) is 19.2 Å². The van der Waals surface area contributed by atoms with Crippen molar-refractivity contribution < 1.29 is 29.4 Å². The summed E-state index contributed by atoms with van der Waals surface area (Å²) in [6.07, 6.45) is 0.524. The number of carbonyl (C=O) groups excluding carboxylic acids is 3. The highest BCUT2D eigenvalue weighted by molar-refractivity contribution is 7.80. The van der Waals surface area contributed by atoms with E-state index in [1.54, 1.807) is 13.8 Å². The van der Waals surface area contributed by atoms with E-state index in [0.29, 0.717) is 6.42 Å². The number of nitrogens with one attached hydrogen (secondary N) is 3. The molecule has 0 aromatic carbocycles. The first-order valence-corrected chi connectivity index (χ1v) is 8.39. The van der Waals surface area contributed by atoms with E-state index in [1.807, 2.05) is 0 Å². The van der Waals surface area contributed by atoms with Crippen LogP contribution in [0.2, 0.25) is 0 Å². The first-order chi connectivity index (χ1) is 11.7. The highest BCUT2D eigenvalue weighted by atomic mass is 32.1. The molecular formula is C14H26N4O6S. The van der Waals surface area contributed by atoms with Crippen LogP contribution in [-0.4, -0.2) is 70.9 Å². The van der Waals surface area contributed by atoms with Gasteiger partial charge in [0.25, 0.3) is 0 Å². The molecule has 0 rings (SSSR count). The molecule has 0 spiro atoms. The maximum absolute atomic E-state index is 12.3. The number of carboxylic acids is 1. The summed E-state index contributed by atoms with van der Waals surface area (Å²) in [4.78, 5) is 46.9. The monoisotopic (exact) mass is 378 g/mol. The van der Waals surface area contributed by atoms with Crippen molar-refractivity contribution in [1.29, 1.82) is 0 Å². The lowest BCUT2D eigenvalue weighted by atomic mass is 9.97. The van der Waals surface area contributed by atoms with E-state index >= 15 is 0 Å². The maximum Gasteiger partial charge on any atom is 0.328 e. The molecule has 4 atom stereocenters. The molecule has 0 aromatic heterocycles. The highest BCUT2D eigenvalue weighted by Gasteiger charge is 2.31. The van der Waals surface area contributed by atoms with E-state index in [0.717, 1.165) is 0 Å². The van der Waals surface area contributed by atoms with Gasteiger partial charge < -0.3 is 31.9 Å². The molecule has 11 heteroatoms. The summed E-state index contributed by atoms with van der Waals surface area (Å²) in [5, 5.41) is 24.9. The van der Waals surface area contributed by atoms with Gasteiger partial charge in [-0.05, 0) is 5.92 Å². The van der Waals surface area contributed by atoms with Crippen LogP contribution in [0, 0.1) is 5.92 Å². The van der Waals surface area contributed by atoms with Crippen molar-refractivity contribution in [3.8, 4) is 0 Å². The number of nitrogens with two attached hydrogens (primary N) is 1. The minimum atomic E-state index is -1.48. The molecule has 0 aliphatic heterocycles. The fourth-order valence-electron chi connectivity index (χ4n) is 1.85. The summed E-state index contributed by atoms with van der Waals surface area (Å²) in [6.45, 7) is 2.41. The number of rotatable bonds is 11. The van der Waals surface area contributed by atoms with Crippen molar-refractivity contribution in [2.24, 2.45) is 11.7 Å². The van der Waals surface area contributed by atoms with Crippen molar-refractivity contribution >= 4 is 36.3 Å². The summed E-state index contributed by atoms with van der Waals surface area (Å²) in [6, 6.07) is -3.51. The molecule has 0 radical (unpaired) electrons. The first kappa shape index (κ1) is 23.1. The van der Waals surface area contributed by atoms with Crippen LogP contribution in [0.1, 0.15) is 20.3 Å². The van der Waals surface area contributed by atoms with E-state index in [4.69, 9.17) is 15.9 Å². The number of aliphatic carboxylic acids is 1. The number of hydrogen-bond donors (Lipinski definition) is 7. The minimum Gasteiger partial charge on any atom is -0.480 e. The average molecular weight is 378 g/mol. The summed E-state index contributed by atoms with van der Waals surface area (Å²) >= 11 is 3.99. The minimum absolute atomic E-state index is 0.0131. The molecular weight excluding hydrogens is 352 g/mol. The first-order valence-electron chi connectivity index (χ1n) is 7.76. The van der Waals surface area contributed by atoms with Crippen LogP contribution in [0.3, 0.4) is 0 Å². The SMILES string of the molecule is CCC(C)C(NC(=O)C(CS)NC(=O)CN)C(=O)NC(CO)C(=O)O. The predicted octanol–water partition coefficient (Wildman–Crippen LogP) is -2.55. The number of hydrogen-bond acceptors (Lipinski definition) is 7. The second kappa shape index (κ2) is 11.7. The Labute approximate surface area is 151 Å². The molecule has 144 valence electrons. The summed E-state index contributed by atoms with van der Waals surface area (Å²) < 4.78 is 0. The smallest absolute Gasteiger partial charge is 0.328 e. The van der Waals surface area contributed by atoms with Gasteiger partial charge in [-0.2, -0.15) is 12.6 Å². The van der Waals surface area contributed by atoms with Gasteiger partial charge in [0, 0.05) is 5.75 Å². The zero-order valence-corrected chi connectivity index (χ0v) is 15.1. The summed E-state index contributed by atoms with van der Waals surface area (Å²) in [7, 11) is 0. The Bertz CT molecular complexity index is 490. The van der Waals surface area contributed by atoms with Crippen molar-refractivity contribution in [1.82, 2.24) is 16.0 Å². The Balaban J connectivity index is 5.14. The molecule has 7 N–H and O–H groups in total. The topological polar surface area (TPSA) is 171 Å².